The van der Waals surface area contributed by atoms with Crippen LogP contribution in [-0.4, -0.2) is 23.3 Å². The van der Waals surface area contributed by atoms with Gasteiger partial charge in [-0.1, -0.05) is 22.5 Å². The highest BCUT2D eigenvalue weighted by atomic mass is 79.9. The summed E-state index contributed by atoms with van der Waals surface area (Å²) < 4.78 is 0.663. The van der Waals surface area contributed by atoms with E-state index in [0.29, 0.717) is 23.9 Å². The highest BCUT2D eigenvalue weighted by molar-refractivity contribution is 9.11. The van der Waals surface area contributed by atoms with Crippen LogP contribution in [0.1, 0.15) is 25.7 Å². The fourth-order valence-electron chi connectivity index (χ4n) is 1.31. The molecule has 4 heteroatoms. The first-order chi connectivity index (χ1) is 6.11. The minimum atomic E-state index is -0.0805. The molecule has 0 bridgehead atoms. The molecule has 0 radical (unpaired) electrons. The third-order valence-corrected chi connectivity index (χ3v) is 2.21. The van der Waals surface area contributed by atoms with Gasteiger partial charge in [0.15, 0.2) is 0 Å². The summed E-state index contributed by atoms with van der Waals surface area (Å²) in [6.07, 6.45) is 2.59. The number of carbonyl (C=O) groups excluding carboxylic acids is 2. The van der Waals surface area contributed by atoms with E-state index in [9.17, 15) is 9.59 Å². The van der Waals surface area contributed by atoms with Gasteiger partial charge in [-0.25, -0.2) is 0 Å². The van der Waals surface area contributed by atoms with Crippen LogP contribution in [0.4, 0.5) is 0 Å². The van der Waals surface area contributed by atoms with Crippen LogP contribution >= 0.6 is 15.9 Å². The molecule has 1 saturated heterocycles. The van der Waals surface area contributed by atoms with Crippen LogP contribution in [0.3, 0.4) is 0 Å². The Morgan fingerprint density at radius 2 is 1.77 bits per heavy atom. The van der Waals surface area contributed by atoms with Crippen LogP contribution < -0.4 is 0 Å². The second-order valence-corrected chi connectivity index (χ2v) is 4.22. The van der Waals surface area contributed by atoms with Crippen molar-refractivity contribution in [2.45, 2.75) is 25.7 Å². The number of amides is 2. The van der Waals surface area contributed by atoms with Gasteiger partial charge in [0, 0.05) is 17.3 Å². The SMILES string of the molecule is C=C(Br)CN1C(=O)CCCCC1=O. The van der Waals surface area contributed by atoms with Crippen molar-refractivity contribution in [2.24, 2.45) is 0 Å². The number of likely N-dealkylation sites (tertiary alicyclic amines) is 1. The molecular weight excluding hydrogens is 234 g/mol. The van der Waals surface area contributed by atoms with Gasteiger partial charge in [-0.3, -0.25) is 14.5 Å². The predicted octanol–water partition coefficient (Wildman–Crippen LogP) is 1.82. The molecule has 0 aromatic carbocycles. The standard InChI is InChI=1S/C9H12BrNO2/c1-7(10)6-11-8(12)4-2-3-5-9(11)13/h1-6H2. The Labute approximate surface area is 85.9 Å². The summed E-state index contributed by atoms with van der Waals surface area (Å²) >= 11 is 3.15. The molecule has 1 aliphatic heterocycles. The van der Waals surface area contributed by atoms with Crippen molar-refractivity contribution >= 4 is 27.7 Å². The topological polar surface area (TPSA) is 37.4 Å². The summed E-state index contributed by atoms with van der Waals surface area (Å²) in [5.41, 5.74) is 0. The van der Waals surface area contributed by atoms with Crippen molar-refractivity contribution in [1.29, 1.82) is 0 Å². The van der Waals surface area contributed by atoms with Crippen molar-refractivity contribution in [3.63, 3.8) is 0 Å². The Morgan fingerprint density at radius 3 is 2.15 bits per heavy atom. The Bertz CT molecular complexity index is 232. The van der Waals surface area contributed by atoms with Crippen molar-refractivity contribution in [3.05, 3.63) is 11.1 Å². The number of imide groups is 1. The first-order valence-electron chi connectivity index (χ1n) is 4.27. The van der Waals surface area contributed by atoms with Gasteiger partial charge in [0.2, 0.25) is 11.8 Å². The van der Waals surface area contributed by atoms with E-state index in [1.807, 2.05) is 0 Å². The Kier molecular flexibility index (Phi) is 3.66. The second-order valence-electron chi connectivity index (χ2n) is 3.10. The Balaban J connectivity index is 2.69. The molecule has 13 heavy (non-hydrogen) atoms. The number of hydrogen-bond donors (Lipinski definition) is 0. The maximum atomic E-state index is 11.4. The van der Waals surface area contributed by atoms with E-state index >= 15 is 0 Å². The maximum Gasteiger partial charge on any atom is 0.229 e. The van der Waals surface area contributed by atoms with Gasteiger partial charge in [0.05, 0.1) is 6.54 Å². The van der Waals surface area contributed by atoms with Crippen molar-refractivity contribution in [2.75, 3.05) is 6.54 Å². The third-order valence-electron chi connectivity index (χ3n) is 1.96. The number of halogens is 1. The lowest BCUT2D eigenvalue weighted by molar-refractivity contribution is -0.143. The smallest absolute Gasteiger partial charge is 0.229 e. The summed E-state index contributed by atoms with van der Waals surface area (Å²) in [6.45, 7) is 3.92. The van der Waals surface area contributed by atoms with E-state index < -0.39 is 0 Å². The fourth-order valence-corrected chi connectivity index (χ4v) is 1.56. The summed E-state index contributed by atoms with van der Waals surface area (Å²) in [6, 6.07) is 0. The van der Waals surface area contributed by atoms with Crippen LogP contribution in [0, 0.1) is 0 Å². The zero-order chi connectivity index (χ0) is 9.84. The molecule has 0 aromatic heterocycles. The van der Waals surface area contributed by atoms with Crippen LogP contribution in [0.2, 0.25) is 0 Å². The van der Waals surface area contributed by atoms with E-state index in [1.54, 1.807) is 0 Å². The lowest BCUT2D eigenvalue weighted by atomic mass is 10.2. The van der Waals surface area contributed by atoms with Crippen LogP contribution in [0.25, 0.3) is 0 Å². The number of rotatable bonds is 2. The van der Waals surface area contributed by atoms with Crippen molar-refractivity contribution < 1.29 is 9.59 Å². The second kappa shape index (κ2) is 4.56. The predicted molar refractivity (Wildman–Crippen MR) is 53.3 cm³/mol. The molecule has 0 saturated carbocycles. The summed E-state index contributed by atoms with van der Waals surface area (Å²) in [5.74, 6) is -0.161. The van der Waals surface area contributed by atoms with E-state index in [4.69, 9.17) is 0 Å². The normalized spacial score (nSPS) is 18.7. The molecule has 0 spiro atoms. The molecule has 72 valence electrons. The third kappa shape index (κ3) is 2.95. The van der Waals surface area contributed by atoms with Crippen molar-refractivity contribution in [1.82, 2.24) is 4.90 Å². The van der Waals surface area contributed by atoms with E-state index in [2.05, 4.69) is 22.5 Å². The van der Waals surface area contributed by atoms with Gasteiger partial charge in [-0.2, -0.15) is 0 Å². The average molecular weight is 246 g/mol. The average Bonchev–Trinajstić information content (AvgIpc) is 2.18. The molecule has 3 nitrogen and oxygen atoms in total. The molecule has 1 rings (SSSR count). The number of carbonyl (C=O) groups is 2. The number of nitrogens with zero attached hydrogens (tertiary/aromatic N) is 1. The molecule has 0 N–H and O–H groups in total. The molecule has 1 heterocycles. The van der Waals surface area contributed by atoms with Gasteiger partial charge in [-0.05, 0) is 12.8 Å². The lowest BCUT2D eigenvalue weighted by Crippen LogP contribution is -2.35. The van der Waals surface area contributed by atoms with Gasteiger partial charge in [0.25, 0.3) is 0 Å². The minimum Gasteiger partial charge on any atom is -0.278 e. The van der Waals surface area contributed by atoms with Crippen LogP contribution in [0.15, 0.2) is 11.1 Å². The zero-order valence-electron chi connectivity index (χ0n) is 7.38. The van der Waals surface area contributed by atoms with Gasteiger partial charge >= 0.3 is 0 Å². The zero-order valence-corrected chi connectivity index (χ0v) is 8.97. The molecule has 1 fully saturated rings. The van der Waals surface area contributed by atoms with Gasteiger partial charge in [0.1, 0.15) is 0 Å². The monoisotopic (exact) mass is 245 g/mol. The van der Waals surface area contributed by atoms with E-state index in [1.165, 1.54) is 4.90 Å². The summed E-state index contributed by atoms with van der Waals surface area (Å²) in [5, 5.41) is 0. The largest absolute Gasteiger partial charge is 0.278 e. The molecule has 0 unspecified atom stereocenters. The highest BCUT2D eigenvalue weighted by Gasteiger charge is 2.23. The Hall–Kier alpha value is -0.640. The Morgan fingerprint density at radius 1 is 1.31 bits per heavy atom. The van der Waals surface area contributed by atoms with Crippen molar-refractivity contribution in [3.8, 4) is 0 Å². The molecule has 0 atom stereocenters. The van der Waals surface area contributed by atoms with Gasteiger partial charge in [-0.15, -0.1) is 0 Å². The van der Waals surface area contributed by atoms with E-state index in [-0.39, 0.29) is 11.8 Å². The maximum absolute atomic E-state index is 11.4. The number of hydrogen-bond acceptors (Lipinski definition) is 2. The first kappa shape index (κ1) is 10.4. The van der Waals surface area contributed by atoms with Crippen LogP contribution in [0.5, 0.6) is 0 Å². The fraction of sp³-hybridized carbons (Fsp3) is 0.556. The first-order valence-corrected chi connectivity index (χ1v) is 5.07. The summed E-state index contributed by atoms with van der Waals surface area (Å²) in [4.78, 5) is 24.1. The summed E-state index contributed by atoms with van der Waals surface area (Å²) in [7, 11) is 0. The molecule has 0 aliphatic carbocycles. The molecular formula is C9H12BrNO2. The minimum absolute atomic E-state index is 0.0805. The van der Waals surface area contributed by atoms with Crippen LogP contribution in [-0.2, 0) is 9.59 Å². The van der Waals surface area contributed by atoms with Gasteiger partial charge < -0.3 is 0 Å². The highest BCUT2D eigenvalue weighted by Crippen LogP contribution is 2.15. The lowest BCUT2D eigenvalue weighted by Gasteiger charge is -2.17. The molecule has 2 amide bonds. The van der Waals surface area contributed by atoms with E-state index in [0.717, 1.165) is 12.8 Å². The quantitative estimate of drug-likeness (QED) is 0.697. The molecule has 1 aliphatic rings. The molecule has 0 aromatic rings.